The number of ether oxygens (including phenoxy) is 1. The van der Waals surface area contributed by atoms with E-state index in [1.165, 1.54) is 36.7 Å². The first-order chi connectivity index (χ1) is 17.5. The molecule has 0 bridgehead atoms. The summed E-state index contributed by atoms with van der Waals surface area (Å²) in [6, 6.07) is 1.66. The van der Waals surface area contributed by atoms with Crippen LogP contribution in [0.4, 0.5) is 0 Å². The molecule has 2 aromatic heterocycles. The second-order valence-electron chi connectivity index (χ2n) is 7.97. The van der Waals surface area contributed by atoms with Crippen LogP contribution in [0.3, 0.4) is 0 Å². The summed E-state index contributed by atoms with van der Waals surface area (Å²) in [6.45, 7) is 11.0. The van der Waals surface area contributed by atoms with E-state index in [1.807, 2.05) is 0 Å². The molecule has 20 heteroatoms. The van der Waals surface area contributed by atoms with Gasteiger partial charge in [-0.1, -0.05) is 20.8 Å². The van der Waals surface area contributed by atoms with Crippen molar-refractivity contribution in [3.05, 3.63) is 24.3 Å². The van der Waals surface area contributed by atoms with Gasteiger partial charge in [0.15, 0.2) is 6.23 Å². The third kappa shape index (κ3) is 9.22. The van der Waals surface area contributed by atoms with Gasteiger partial charge in [-0.15, -0.1) is 0 Å². The molecule has 2 aromatic rings. The summed E-state index contributed by atoms with van der Waals surface area (Å²) in [6.07, 6.45) is -2.88. The van der Waals surface area contributed by atoms with Gasteiger partial charge in [0.2, 0.25) is 0 Å². The van der Waals surface area contributed by atoms with Crippen molar-refractivity contribution in [1.29, 1.82) is 0 Å². The zero-order valence-corrected chi connectivity index (χ0v) is 23.7. The van der Waals surface area contributed by atoms with Gasteiger partial charge in [0.05, 0.1) is 12.3 Å². The van der Waals surface area contributed by atoms with Crippen LogP contribution in [0, 0.1) is 6.92 Å². The van der Waals surface area contributed by atoms with Crippen molar-refractivity contribution in [2.45, 2.75) is 52.2 Å². The summed E-state index contributed by atoms with van der Waals surface area (Å²) < 4.78 is 52.3. The molecule has 0 aromatic carbocycles. The Kier molecular flexibility index (Phi) is 11.7. The van der Waals surface area contributed by atoms with Gasteiger partial charge in [-0.2, -0.15) is 8.62 Å². The van der Waals surface area contributed by atoms with E-state index >= 15 is 0 Å². The van der Waals surface area contributed by atoms with Gasteiger partial charge in [0, 0.05) is 11.6 Å². The Balaban J connectivity index is 0.000000638. The van der Waals surface area contributed by atoms with Crippen molar-refractivity contribution in [1.82, 2.24) is 19.4 Å². The highest BCUT2D eigenvalue weighted by molar-refractivity contribution is 7.66. The average Bonchev–Trinajstić information content (AvgIpc) is 3.34. The van der Waals surface area contributed by atoms with Gasteiger partial charge in [-0.3, -0.25) is 4.52 Å². The zero-order chi connectivity index (χ0) is 28.9. The molecule has 2 unspecified atom stereocenters. The maximum atomic E-state index is 11.8. The maximum absolute atomic E-state index is 11.8. The van der Waals surface area contributed by atoms with Gasteiger partial charge in [0.1, 0.15) is 30.3 Å². The minimum absolute atomic E-state index is 0.386. The smallest absolute Gasteiger partial charge is 0.387 e. The van der Waals surface area contributed by atoms with Crippen molar-refractivity contribution in [2.75, 3.05) is 26.2 Å². The molecule has 0 aliphatic carbocycles. The van der Waals surface area contributed by atoms with Gasteiger partial charge >= 0.3 is 23.5 Å². The van der Waals surface area contributed by atoms with E-state index in [9.17, 15) is 28.8 Å². The second-order valence-corrected chi connectivity index (χ2v) is 12.4. The largest absolute Gasteiger partial charge is 0.490 e. The van der Waals surface area contributed by atoms with Crippen LogP contribution in [0.1, 0.15) is 32.7 Å². The molecule has 6 atom stereocenters. The molecule has 1 aliphatic heterocycles. The number of hydrogen-bond acceptors (Lipinski definition) is 12. The first-order valence-corrected chi connectivity index (χ1v) is 15.9. The Hall–Kier alpha value is -1.13. The Labute approximate surface area is 218 Å². The fourth-order valence-corrected chi connectivity index (χ4v) is 6.57. The van der Waals surface area contributed by atoms with Crippen LogP contribution in [0.2, 0.25) is 0 Å². The fraction of sp³-hybridized carbons (Fsp3) is 0.667. The third-order valence-electron chi connectivity index (χ3n) is 5.48. The van der Waals surface area contributed by atoms with Crippen LogP contribution in [0.15, 0.2) is 18.6 Å². The molecule has 0 spiro atoms. The fourth-order valence-electron chi connectivity index (χ4n) is 3.54. The van der Waals surface area contributed by atoms with E-state index in [0.717, 1.165) is 0 Å². The standard InChI is InChI=1S/C12H18N3O13P3.C6H15N/c1-6-7-2-3-15(11(7)14-5-13-6)12-10(17)9(16)8(26-12)4-25-30(21,22)28-31(23,24)27-29(18,19)20;1-4-7(5-2)6-3/h2-3,5,8-10,12,16-17H,4H2,1H3,(H,21,22)(H,23,24)(H2,18,19,20);4-6H2,1-3H3/t8-,9-,10-,12-;/m1./s1. The van der Waals surface area contributed by atoms with Crippen LogP contribution in [0.5, 0.6) is 0 Å². The summed E-state index contributed by atoms with van der Waals surface area (Å²) in [4.78, 5) is 46.1. The van der Waals surface area contributed by atoms with E-state index in [2.05, 4.69) is 48.8 Å². The van der Waals surface area contributed by atoms with E-state index in [0.29, 0.717) is 16.7 Å². The molecule has 3 heterocycles. The molecule has 0 saturated carbocycles. The summed E-state index contributed by atoms with van der Waals surface area (Å²) >= 11 is 0. The monoisotopic (exact) mass is 606 g/mol. The number of aliphatic hydroxyl groups is 2. The van der Waals surface area contributed by atoms with Crippen LogP contribution in [-0.4, -0.2) is 93.8 Å². The van der Waals surface area contributed by atoms with Crippen LogP contribution < -0.4 is 0 Å². The van der Waals surface area contributed by atoms with Gasteiger partial charge in [-0.25, -0.2) is 23.7 Å². The van der Waals surface area contributed by atoms with Crippen LogP contribution >= 0.6 is 23.5 Å². The number of phosphoric acid groups is 3. The lowest BCUT2D eigenvalue weighted by atomic mass is 10.1. The number of aliphatic hydroxyl groups excluding tert-OH is 2. The van der Waals surface area contributed by atoms with Gasteiger partial charge in [-0.05, 0) is 32.6 Å². The highest BCUT2D eigenvalue weighted by Crippen LogP contribution is 2.66. The van der Waals surface area contributed by atoms with Crippen molar-refractivity contribution in [3.8, 4) is 0 Å². The minimum Gasteiger partial charge on any atom is -0.387 e. The molecule has 6 N–H and O–H groups in total. The number of aryl methyl sites for hydroxylation is 1. The lowest BCUT2D eigenvalue weighted by Crippen LogP contribution is -2.33. The molecule has 0 amide bonds. The first-order valence-electron chi connectivity index (χ1n) is 11.3. The van der Waals surface area contributed by atoms with E-state index in [-0.39, 0.29) is 0 Å². The number of phosphoric ester groups is 1. The number of nitrogens with zero attached hydrogens (tertiary/aromatic N) is 4. The topological polar surface area (TPSA) is 243 Å². The predicted molar refractivity (Wildman–Crippen MR) is 131 cm³/mol. The molecule has 1 saturated heterocycles. The van der Waals surface area contributed by atoms with Crippen LogP contribution in [0.25, 0.3) is 11.0 Å². The summed E-state index contributed by atoms with van der Waals surface area (Å²) in [5, 5.41) is 21.2. The van der Waals surface area contributed by atoms with Crippen molar-refractivity contribution in [3.63, 3.8) is 0 Å². The molecule has 1 fully saturated rings. The highest BCUT2D eigenvalue weighted by Gasteiger charge is 2.46. The number of aromatic nitrogens is 3. The first kappa shape index (κ1) is 33.1. The predicted octanol–water partition coefficient (Wildman–Crippen LogP) is 1.05. The molecule has 17 nitrogen and oxygen atoms in total. The average molecular weight is 606 g/mol. The molecule has 3 rings (SSSR count). The highest BCUT2D eigenvalue weighted by atomic mass is 31.3. The normalized spacial score (nSPS) is 25.1. The van der Waals surface area contributed by atoms with Crippen molar-refractivity contribution < 1.29 is 61.4 Å². The molecule has 38 heavy (non-hydrogen) atoms. The maximum Gasteiger partial charge on any atom is 0.490 e. The summed E-state index contributed by atoms with van der Waals surface area (Å²) in [5.41, 5.74) is 1.04. The van der Waals surface area contributed by atoms with Gasteiger partial charge < -0.3 is 44.0 Å². The van der Waals surface area contributed by atoms with Gasteiger partial charge in [0.25, 0.3) is 0 Å². The van der Waals surface area contributed by atoms with Crippen molar-refractivity contribution >= 4 is 34.5 Å². The summed E-state index contributed by atoms with van der Waals surface area (Å²) in [7, 11) is -16.6. The Morgan fingerprint density at radius 1 is 0.974 bits per heavy atom. The Morgan fingerprint density at radius 3 is 2.11 bits per heavy atom. The quantitative estimate of drug-likeness (QED) is 0.196. The Morgan fingerprint density at radius 2 is 1.58 bits per heavy atom. The number of rotatable bonds is 11. The molecular formula is C18H33N4O13P3. The van der Waals surface area contributed by atoms with E-state index in [1.54, 1.807) is 13.0 Å². The Bertz CT molecular complexity index is 1200. The lowest BCUT2D eigenvalue weighted by Gasteiger charge is -2.19. The third-order valence-corrected chi connectivity index (χ3v) is 9.28. The van der Waals surface area contributed by atoms with Crippen molar-refractivity contribution in [2.24, 2.45) is 0 Å². The SMILES string of the molecule is CCN(CC)CC.Cc1ncnc2c1ccn2[C@@H]1O[C@H](COP(=O)(O)OP(=O)(O)OP(=O)(O)O)[C@@H](O)[C@H]1O. The molecule has 218 valence electrons. The molecule has 0 radical (unpaired) electrons. The van der Waals surface area contributed by atoms with Crippen LogP contribution in [-0.2, 0) is 31.6 Å². The molecule has 1 aliphatic rings. The lowest BCUT2D eigenvalue weighted by molar-refractivity contribution is -0.0500. The zero-order valence-electron chi connectivity index (χ0n) is 21.0. The van der Waals surface area contributed by atoms with E-state index < -0.39 is 54.6 Å². The number of hydrogen-bond donors (Lipinski definition) is 6. The van der Waals surface area contributed by atoms with E-state index in [4.69, 9.17) is 19.4 Å². The minimum atomic E-state index is -5.68. The number of fused-ring (bicyclic) bond motifs is 1. The second kappa shape index (κ2) is 13.5. The summed E-state index contributed by atoms with van der Waals surface area (Å²) in [5.74, 6) is 0. The molecular weight excluding hydrogens is 573 g/mol.